The van der Waals surface area contributed by atoms with Gasteiger partial charge in [0.15, 0.2) is 0 Å². The molecule has 0 aliphatic rings. The van der Waals surface area contributed by atoms with Crippen LogP contribution in [0.3, 0.4) is 0 Å². The summed E-state index contributed by atoms with van der Waals surface area (Å²) in [6, 6.07) is 8.80. The van der Waals surface area contributed by atoms with E-state index in [4.69, 9.17) is 0 Å². The topological polar surface area (TPSA) is 40.5 Å². The van der Waals surface area contributed by atoms with E-state index in [1.807, 2.05) is 0 Å². The van der Waals surface area contributed by atoms with E-state index in [1.165, 1.54) is 47.7 Å². The monoisotopic (exact) mass is 476 g/mol. The Labute approximate surface area is 184 Å². The fourth-order valence-corrected chi connectivity index (χ4v) is 10.9. The second-order valence-electron chi connectivity index (χ2n) is 6.31. The first kappa shape index (κ1) is 17.7. The number of hydrogen-bond acceptors (Lipinski definition) is 8. The highest BCUT2D eigenvalue weighted by Gasteiger charge is 2.20. The van der Waals surface area contributed by atoms with Crippen LogP contribution >= 0.6 is 68.0 Å². The SMILES string of the molecule is OCc1c(-c2cc3sc(-c4sc5ccsc5c4CO)cc3s2)sc2ccsc12. The maximum atomic E-state index is 9.91. The van der Waals surface area contributed by atoms with E-state index in [2.05, 4.69) is 35.0 Å². The minimum absolute atomic E-state index is 0.0818. The van der Waals surface area contributed by atoms with Gasteiger partial charge in [-0.05, 0) is 35.0 Å². The molecule has 0 aliphatic carbocycles. The molecule has 0 unspecified atom stereocenters. The first-order chi connectivity index (χ1) is 13.8. The molecule has 8 heteroatoms. The van der Waals surface area contributed by atoms with Crippen LogP contribution in [0, 0.1) is 0 Å². The molecule has 0 bridgehead atoms. The average molecular weight is 477 g/mol. The van der Waals surface area contributed by atoms with E-state index in [0.717, 1.165) is 11.1 Å². The van der Waals surface area contributed by atoms with Crippen LogP contribution in [0.1, 0.15) is 11.1 Å². The molecule has 2 nitrogen and oxygen atoms in total. The molecule has 0 amide bonds. The van der Waals surface area contributed by atoms with Crippen molar-refractivity contribution in [2.75, 3.05) is 0 Å². The van der Waals surface area contributed by atoms with Crippen molar-refractivity contribution in [2.45, 2.75) is 13.2 Å². The fraction of sp³-hybridized carbons (Fsp3) is 0.100. The van der Waals surface area contributed by atoms with Gasteiger partial charge in [0.05, 0.1) is 32.4 Å². The van der Waals surface area contributed by atoms with Gasteiger partial charge in [-0.3, -0.25) is 0 Å². The number of hydrogen-bond donors (Lipinski definition) is 2. The predicted octanol–water partition coefficient (Wildman–Crippen LogP) is 7.83. The second-order valence-corrected chi connectivity index (χ2v) is 12.4. The normalized spacial score (nSPS) is 12.2. The summed E-state index contributed by atoms with van der Waals surface area (Å²) in [6.45, 7) is 0.164. The first-order valence-corrected chi connectivity index (χ1v) is 13.5. The zero-order valence-electron chi connectivity index (χ0n) is 14.2. The summed E-state index contributed by atoms with van der Waals surface area (Å²) in [7, 11) is 0. The van der Waals surface area contributed by atoms with E-state index in [-0.39, 0.29) is 13.2 Å². The van der Waals surface area contributed by atoms with E-state index in [9.17, 15) is 10.2 Å². The van der Waals surface area contributed by atoms with Gasteiger partial charge >= 0.3 is 0 Å². The van der Waals surface area contributed by atoms with E-state index >= 15 is 0 Å². The van der Waals surface area contributed by atoms with Crippen molar-refractivity contribution in [3.05, 3.63) is 46.2 Å². The summed E-state index contributed by atoms with van der Waals surface area (Å²) in [6.07, 6.45) is 0. The molecule has 28 heavy (non-hydrogen) atoms. The van der Waals surface area contributed by atoms with Crippen molar-refractivity contribution in [3.8, 4) is 19.5 Å². The Morgan fingerprint density at radius 2 is 1.07 bits per heavy atom. The molecule has 0 atom stereocenters. The highest BCUT2D eigenvalue weighted by atomic mass is 32.1. The fourth-order valence-electron chi connectivity index (χ4n) is 3.49. The maximum absolute atomic E-state index is 9.91. The van der Waals surface area contributed by atoms with Crippen molar-refractivity contribution < 1.29 is 10.2 Å². The summed E-state index contributed by atoms with van der Waals surface area (Å²) in [5, 5.41) is 24.0. The highest BCUT2D eigenvalue weighted by Crippen LogP contribution is 2.50. The van der Waals surface area contributed by atoms with Gasteiger partial charge in [-0.2, -0.15) is 0 Å². The van der Waals surface area contributed by atoms with E-state index in [0.29, 0.717) is 0 Å². The van der Waals surface area contributed by atoms with Crippen molar-refractivity contribution in [3.63, 3.8) is 0 Å². The molecule has 6 aromatic rings. The lowest BCUT2D eigenvalue weighted by molar-refractivity contribution is 0.284. The summed E-state index contributed by atoms with van der Waals surface area (Å²) in [5.74, 6) is 0. The molecule has 6 heterocycles. The van der Waals surface area contributed by atoms with Crippen LogP contribution in [0.4, 0.5) is 0 Å². The number of aliphatic hydroxyl groups excluding tert-OH is 2. The summed E-state index contributed by atoms with van der Waals surface area (Å²) in [4.78, 5) is 4.87. The van der Waals surface area contributed by atoms with Gasteiger partial charge in [-0.15, -0.1) is 68.0 Å². The zero-order chi connectivity index (χ0) is 18.8. The quantitative estimate of drug-likeness (QED) is 0.272. The first-order valence-electron chi connectivity index (χ1n) is 8.50. The summed E-state index contributed by atoms with van der Waals surface area (Å²) >= 11 is 10.5. The molecule has 0 radical (unpaired) electrons. The predicted molar refractivity (Wildman–Crippen MR) is 129 cm³/mol. The van der Waals surface area contributed by atoms with Crippen molar-refractivity contribution in [2.24, 2.45) is 0 Å². The molecule has 2 N–H and O–H groups in total. The third kappa shape index (κ3) is 2.54. The lowest BCUT2D eigenvalue weighted by Gasteiger charge is -1.98. The van der Waals surface area contributed by atoms with Crippen molar-refractivity contribution >= 4 is 96.2 Å². The van der Waals surface area contributed by atoms with Gasteiger partial charge in [-0.1, -0.05) is 0 Å². The molecular formula is C20H12O2S6. The summed E-state index contributed by atoms with van der Waals surface area (Å²) in [5.41, 5.74) is 2.12. The molecule has 140 valence electrons. The maximum Gasteiger partial charge on any atom is 0.0710 e. The van der Waals surface area contributed by atoms with Gasteiger partial charge in [0.2, 0.25) is 0 Å². The van der Waals surface area contributed by atoms with Crippen LogP contribution in [0.15, 0.2) is 35.0 Å². The standard InChI is InChI=1S/C20H12O2S6/c21-7-9-17-11(1-3-23-17)27-19(9)15-5-13-14(25-15)6-16(26-13)20-10(8-22)18-12(28-20)2-4-24-18/h1-6,21-22H,7-8H2. The smallest absolute Gasteiger partial charge is 0.0710 e. The molecule has 0 aliphatic heterocycles. The van der Waals surface area contributed by atoms with Gasteiger partial charge < -0.3 is 10.2 Å². The minimum atomic E-state index is 0.0818. The molecule has 0 spiro atoms. The number of rotatable bonds is 4. The minimum Gasteiger partial charge on any atom is -0.392 e. The number of aliphatic hydroxyl groups is 2. The Hall–Kier alpha value is -1.10. The third-order valence-electron chi connectivity index (χ3n) is 4.75. The van der Waals surface area contributed by atoms with E-state index in [1.54, 1.807) is 68.0 Å². The van der Waals surface area contributed by atoms with Crippen LogP contribution < -0.4 is 0 Å². The Bertz CT molecular complexity index is 1310. The zero-order valence-corrected chi connectivity index (χ0v) is 19.1. The molecule has 0 saturated carbocycles. The Morgan fingerprint density at radius 3 is 1.50 bits per heavy atom. The molecule has 6 rings (SSSR count). The van der Waals surface area contributed by atoms with Crippen LogP contribution in [0.5, 0.6) is 0 Å². The van der Waals surface area contributed by atoms with Crippen molar-refractivity contribution in [1.82, 2.24) is 0 Å². The van der Waals surface area contributed by atoms with Gasteiger partial charge in [0.25, 0.3) is 0 Å². The molecule has 0 saturated heterocycles. The molecular weight excluding hydrogens is 465 g/mol. The summed E-state index contributed by atoms with van der Waals surface area (Å²) < 4.78 is 7.49. The highest BCUT2D eigenvalue weighted by molar-refractivity contribution is 7.36. The number of fused-ring (bicyclic) bond motifs is 3. The Morgan fingerprint density at radius 1 is 0.607 bits per heavy atom. The Kier molecular flexibility index (Phi) is 4.25. The van der Waals surface area contributed by atoms with E-state index < -0.39 is 0 Å². The van der Waals surface area contributed by atoms with Crippen molar-refractivity contribution in [1.29, 1.82) is 0 Å². The molecule has 0 aromatic carbocycles. The van der Waals surface area contributed by atoms with Crippen LogP contribution in [-0.4, -0.2) is 10.2 Å². The van der Waals surface area contributed by atoms with Gasteiger partial charge in [-0.25, -0.2) is 0 Å². The molecule has 0 fully saturated rings. The molecule has 6 aromatic heterocycles. The Balaban J connectivity index is 1.47. The second kappa shape index (κ2) is 6.72. The van der Waals surface area contributed by atoms with Gasteiger partial charge in [0.1, 0.15) is 0 Å². The van der Waals surface area contributed by atoms with Crippen LogP contribution in [0.2, 0.25) is 0 Å². The van der Waals surface area contributed by atoms with Gasteiger partial charge in [0, 0.05) is 39.7 Å². The lowest BCUT2D eigenvalue weighted by Crippen LogP contribution is -1.81. The average Bonchev–Trinajstić information content (AvgIpc) is 3.46. The number of thiophene rings is 6. The lowest BCUT2D eigenvalue weighted by atomic mass is 10.2. The third-order valence-corrected chi connectivity index (χ3v) is 12.0. The van der Waals surface area contributed by atoms with Crippen LogP contribution in [-0.2, 0) is 13.2 Å². The largest absolute Gasteiger partial charge is 0.392 e. The van der Waals surface area contributed by atoms with Crippen LogP contribution in [0.25, 0.3) is 47.7 Å².